The van der Waals surface area contributed by atoms with E-state index in [-0.39, 0.29) is 5.91 Å². The lowest BCUT2D eigenvalue weighted by atomic mass is 9.90. The fraction of sp³-hybridized carbons (Fsp3) is 0.692. The van der Waals surface area contributed by atoms with Crippen LogP contribution < -0.4 is 0 Å². The Hall–Kier alpha value is -1.32. The number of carboxylic acids is 1. The van der Waals surface area contributed by atoms with E-state index in [9.17, 15) is 9.59 Å². The molecule has 1 saturated carbocycles. The molecule has 2 aliphatic rings. The van der Waals surface area contributed by atoms with Crippen molar-refractivity contribution in [2.45, 2.75) is 33.1 Å². The second-order valence-corrected chi connectivity index (χ2v) is 5.54. The van der Waals surface area contributed by atoms with Gasteiger partial charge < -0.3 is 10.0 Å². The van der Waals surface area contributed by atoms with Gasteiger partial charge in [-0.05, 0) is 39.0 Å². The van der Waals surface area contributed by atoms with Gasteiger partial charge in [-0.2, -0.15) is 0 Å². The van der Waals surface area contributed by atoms with Crippen molar-refractivity contribution in [1.82, 2.24) is 4.90 Å². The van der Waals surface area contributed by atoms with Crippen LogP contribution in [-0.4, -0.2) is 35.0 Å². The van der Waals surface area contributed by atoms with Crippen molar-refractivity contribution >= 4 is 11.9 Å². The summed E-state index contributed by atoms with van der Waals surface area (Å²) >= 11 is 0. The molecular weight excluding hydrogens is 218 g/mol. The lowest BCUT2D eigenvalue weighted by Crippen LogP contribution is -2.34. The van der Waals surface area contributed by atoms with Crippen LogP contribution >= 0.6 is 0 Å². The van der Waals surface area contributed by atoms with Crippen molar-refractivity contribution in [3.8, 4) is 0 Å². The molecule has 1 atom stereocenters. The zero-order chi connectivity index (χ0) is 12.6. The SMILES string of the molecule is C/C(=C/C(=O)N1CC[C@@](C)(C(=O)O)C1)C1CC1. The van der Waals surface area contributed by atoms with Gasteiger partial charge in [0.1, 0.15) is 0 Å². The summed E-state index contributed by atoms with van der Waals surface area (Å²) in [5, 5.41) is 9.10. The summed E-state index contributed by atoms with van der Waals surface area (Å²) < 4.78 is 0. The molecule has 0 spiro atoms. The summed E-state index contributed by atoms with van der Waals surface area (Å²) in [5.74, 6) is -0.248. The number of allylic oxidation sites excluding steroid dienone is 1. The third-order valence-corrected chi connectivity index (χ3v) is 3.87. The predicted molar refractivity (Wildman–Crippen MR) is 63.4 cm³/mol. The molecule has 4 nitrogen and oxygen atoms in total. The molecule has 1 N–H and O–H groups in total. The van der Waals surface area contributed by atoms with Gasteiger partial charge in [-0.15, -0.1) is 0 Å². The quantitative estimate of drug-likeness (QED) is 0.759. The fourth-order valence-electron chi connectivity index (χ4n) is 2.27. The highest BCUT2D eigenvalue weighted by Crippen LogP contribution is 2.36. The van der Waals surface area contributed by atoms with E-state index in [1.807, 2.05) is 6.92 Å². The summed E-state index contributed by atoms with van der Waals surface area (Å²) in [6, 6.07) is 0. The summed E-state index contributed by atoms with van der Waals surface area (Å²) in [4.78, 5) is 24.7. The van der Waals surface area contributed by atoms with Crippen molar-refractivity contribution in [1.29, 1.82) is 0 Å². The van der Waals surface area contributed by atoms with Gasteiger partial charge in [0.05, 0.1) is 5.41 Å². The van der Waals surface area contributed by atoms with E-state index in [2.05, 4.69) is 0 Å². The Kier molecular flexibility index (Phi) is 2.98. The Morgan fingerprint density at radius 3 is 2.53 bits per heavy atom. The maximum atomic E-state index is 12.0. The van der Waals surface area contributed by atoms with E-state index >= 15 is 0 Å². The zero-order valence-electron chi connectivity index (χ0n) is 10.4. The minimum Gasteiger partial charge on any atom is -0.481 e. The summed E-state index contributed by atoms with van der Waals surface area (Å²) in [5.41, 5.74) is 0.371. The molecule has 0 aromatic carbocycles. The molecule has 0 radical (unpaired) electrons. The van der Waals surface area contributed by atoms with Crippen LogP contribution in [0.1, 0.15) is 33.1 Å². The van der Waals surface area contributed by atoms with Crippen LogP contribution in [0.25, 0.3) is 0 Å². The normalized spacial score (nSPS) is 29.5. The topological polar surface area (TPSA) is 57.6 Å². The number of carboxylic acid groups (broad SMARTS) is 1. The molecule has 17 heavy (non-hydrogen) atoms. The maximum absolute atomic E-state index is 12.0. The van der Waals surface area contributed by atoms with E-state index < -0.39 is 11.4 Å². The van der Waals surface area contributed by atoms with Gasteiger partial charge in [0.15, 0.2) is 0 Å². The van der Waals surface area contributed by atoms with Gasteiger partial charge in [-0.3, -0.25) is 9.59 Å². The average Bonchev–Trinajstić information content (AvgIpc) is 3.02. The Morgan fingerprint density at radius 1 is 1.41 bits per heavy atom. The first kappa shape index (κ1) is 12.1. The number of likely N-dealkylation sites (tertiary alicyclic amines) is 1. The van der Waals surface area contributed by atoms with E-state index in [4.69, 9.17) is 5.11 Å². The van der Waals surface area contributed by atoms with Crippen LogP contribution in [0.3, 0.4) is 0 Å². The average molecular weight is 237 g/mol. The molecule has 1 aliphatic heterocycles. The Bertz CT molecular complexity index is 384. The molecule has 1 aliphatic carbocycles. The van der Waals surface area contributed by atoms with Crippen LogP contribution in [0, 0.1) is 11.3 Å². The number of rotatable bonds is 3. The molecule has 0 unspecified atom stereocenters. The number of aliphatic carboxylic acids is 1. The van der Waals surface area contributed by atoms with Crippen molar-refractivity contribution in [3.05, 3.63) is 11.6 Å². The highest BCUT2D eigenvalue weighted by Gasteiger charge is 2.41. The maximum Gasteiger partial charge on any atom is 0.311 e. The molecule has 2 fully saturated rings. The number of hydrogen-bond acceptors (Lipinski definition) is 2. The molecule has 2 rings (SSSR count). The number of carbonyl (C=O) groups is 2. The third-order valence-electron chi connectivity index (χ3n) is 3.87. The summed E-state index contributed by atoms with van der Waals surface area (Å²) in [6.45, 7) is 4.58. The van der Waals surface area contributed by atoms with Crippen LogP contribution in [0.2, 0.25) is 0 Å². The smallest absolute Gasteiger partial charge is 0.311 e. The van der Waals surface area contributed by atoms with Crippen molar-refractivity contribution in [2.75, 3.05) is 13.1 Å². The summed E-state index contributed by atoms with van der Waals surface area (Å²) in [6.07, 6.45) is 4.60. The lowest BCUT2D eigenvalue weighted by Gasteiger charge is -2.19. The van der Waals surface area contributed by atoms with Gasteiger partial charge in [0, 0.05) is 19.2 Å². The Morgan fingerprint density at radius 2 is 2.06 bits per heavy atom. The van der Waals surface area contributed by atoms with Crippen LogP contribution in [0.5, 0.6) is 0 Å². The number of carbonyl (C=O) groups excluding carboxylic acids is 1. The molecule has 1 heterocycles. The number of amides is 1. The van der Waals surface area contributed by atoms with E-state index in [0.717, 1.165) is 5.57 Å². The summed E-state index contributed by atoms with van der Waals surface area (Å²) in [7, 11) is 0. The monoisotopic (exact) mass is 237 g/mol. The van der Waals surface area contributed by atoms with Crippen LogP contribution in [0.15, 0.2) is 11.6 Å². The lowest BCUT2D eigenvalue weighted by molar-refractivity contribution is -0.147. The van der Waals surface area contributed by atoms with Gasteiger partial charge in [0.2, 0.25) is 5.91 Å². The van der Waals surface area contributed by atoms with E-state index in [0.29, 0.717) is 25.4 Å². The van der Waals surface area contributed by atoms with Gasteiger partial charge in [-0.25, -0.2) is 0 Å². The van der Waals surface area contributed by atoms with E-state index in [1.54, 1.807) is 17.9 Å². The predicted octanol–water partition coefficient (Wildman–Crippen LogP) is 1.67. The number of hydrogen-bond donors (Lipinski definition) is 1. The first-order chi connectivity index (χ1) is 7.92. The molecule has 1 saturated heterocycles. The molecule has 4 heteroatoms. The first-order valence-corrected chi connectivity index (χ1v) is 6.13. The number of nitrogens with zero attached hydrogens (tertiary/aromatic N) is 1. The minimum atomic E-state index is -0.810. The molecule has 1 amide bonds. The highest BCUT2D eigenvalue weighted by molar-refractivity contribution is 5.89. The molecular formula is C13H19NO3. The molecule has 0 aromatic heterocycles. The minimum absolute atomic E-state index is 0.0284. The van der Waals surface area contributed by atoms with Crippen LogP contribution in [0.4, 0.5) is 0 Å². The standard InChI is InChI=1S/C13H19NO3/c1-9(10-3-4-10)7-11(15)14-6-5-13(2,8-14)12(16)17/h7,10H,3-6,8H2,1-2H3,(H,16,17)/b9-7-/t13-/m1/s1. The zero-order valence-corrected chi connectivity index (χ0v) is 10.4. The van der Waals surface area contributed by atoms with Gasteiger partial charge in [-0.1, -0.05) is 5.57 Å². The Balaban J connectivity index is 1.98. The van der Waals surface area contributed by atoms with E-state index in [1.165, 1.54) is 12.8 Å². The third kappa shape index (κ3) is 2.51. The van der Waals surface area contributed by atoms with Crippen LogP contribution in [-0.2, 0) is 9.59 Å². The van der Waals surface area contributed by atoms with Crippen molar-refractivity contribution < 1.29 is 14.7 Å². The molecule has 0 aromatic rings. The largest absolute Gasteiger partial charge is 0.481 e. The molecule has 94 valence electrons. The first-order valence-electron chi connectivity index (χ1n) is 6.13. The second kappa shape index (κ2) is 4.17. The fourth-order valence-corrected chi connectivity index (χ4v) is 2.27. The molecule has 0 bridgehead atoms. The van der Waals surface area contributed by atoms with Crippen molar-refractivity contribution in [3.63, 3.8) is 0 Å². The van der Waals surface area contributed by atoms with Gasteiger partial charge in [0.25, 0.3) is 0 Å². The Labute approximate surface area is 101 Å². The second-order valence-electron chi connectivity index (χ2n) is 5.54. The highest BCUT2D eigenvalue weighted by atomic mass is 16.4. The van der Waals surface area contributed by atoms with Crippen molar-refractivity contribution in [2.24, 2.45) is 11.3 Å². The van der Waals surface area contributed by atoms with Gasteiger partial charge >= 0.3 is 5.97 Å².